The number of thioether (sulfide) groups is 1. The molecule has 0 bridgehead atoms. The van der Waals surface area contributed by atoms with E-state index in [2.05, 4.69) is 56.6 Å². The van der Waals surface area contributed by atoms with Crippen LogP contribution in [0.4, 0.5) is 0 Å². The van der Waals surface area contributed by atoms with Gasteiger partial charge in [-0.2, -0.15) is 11.8 Å². The predicted molar refractivity (Wildman–Crippen MR) is 84.6 cm³/mol. The molecule has 1 fully saturated rings. The highest BCUT2D eigenvalue weighted by molar-refractivity contribution is 8.00. The van der Waals surface area contributed by atoms with Crippen LogP contribution in [0.25, 0.3) is 0 Å². The predicted octanol–water partition coefficient (Wildman–Crippen LogP) is 3.37. The second-order valence-corrected chi connectivity index (χ2v) is 7.97. The Morgan fingerprint density at radius 2 is 1.89 bits per heavy atom. The minimum atomic E-state index is 0.470. The van der Waals surface area contributed by atoms with Gasteiger partial charge in [-0.05, 0) is 32.7 Å². The Morgan fingerprint density at radius 1 is 1.22 bits per heavy atom. The van der Waals surface area contributed by atoms with E-state index in [0.717, 1.165) is 6.54 Å². The van der Waals surface area contributed by atoms with Crippen molar-refractivity contribution in [3.05, 3.63) is 0 Å². The van der Waals surface area contributed by atoms with Gasteiger partial charge in [0.1, 0.15) is 0 Å². The average molecular weight is 273 g/mol. The molecule has 0 spiro atoms. The van der Waals surface area contributed by atoms with Crippen molar-refractivity contribution in [2.75, 3.05) is 25.4 Å². The second kappa shape index (κ2) is 7.76. The molecule has 108 valence electrons. The van der Waals surface area contributed by atoms with Crippen LogP contribution in [0.2, 0.25) is 0 Å². The third-order valence-corrected chi connectivity index (χ3v) is 5.56. The molecule has 0 radical (unpaired) electrons. The molecule has 0 amide bonds. The first-order valence-electron chi connectivity index (χ1n) is 7.60. The number of nitrogens with one attached hydrogen (secondary N) is 1. The Bertz CT molecular complexity index is 227. The van der Waals surface area contributed by atoms with E-state index in [1.165, 1.54) is 38.1 Å². The third kappa shape index (κ3) is 5.50. The number of hydrogen-bond acceptors (Lipinski definition) is 3. The highest BCUT2D eigenvalue weighted by Crippen LogP contribution is 2.31. The van der Waals surface area contributed by atoms with Crippen LogP contribution in [0.3, 0.4) is 0 Å². The van der Waals surface area contributed by atoms with E-state index in [1.807, 2.05) is 0 Å². The largest absolute Gasteiger partial charge is 0.312 e. The van der Waals surface area contributed by atoms with Gasteiger partial charge >= 0.3 is 0 Å². The molecule has 18 heavy (non-hydrogen) atoms. The van der Waals surface area contributed by atoms with Crippen molar-refractivity contribution >= 4 is 11.8 Å². The molecule has 0 aromatic rings. The number of rotatable bonds is 6. The number of hydrogen-bond donors (Lipinski definition) is 1. The monoisotopic (exact) mass is 272 g/mol. The van der Waals surface area contributed by atoms with Crippen LogP contribution in [0.1, 0.15) is 53.9 Å². The lowest BCUT2D eigenvalue weighted by atomic mass is 10.1. The van der Waals surface area contributed by atoms with Crippen molar-refractivity contribution in [2.45, 2.75) is 70.7 Å². The fourth-order valence-electron chi connectivity index (χ4n) is 2.52. The first-order valence-corrected chi connectivity index (χ1v) is 8.58. The summed E-state index contributed by atoms with van der Waals surface area (Å²) in [5.74, 6) is 1.28. The average Bonchev–Trinajstić information content (AvgIpc) is 2.51. The highest BCUT2D eigenvalue weighted by atomic mass is 32.2. The smallest absolute Gasteiger partial charge is 0.0192 e. The summed E-state index contributed by atoms with van der Waals surface area (Å²) in [6, 6.07) is 1.37. The van der Waals surface area contributed by atoms with Gasteiger partial charge in [-0.15, -0.1) is 0 Å². The molecule has 3 heteroatoms. The van der Waals surface area contributed by atoms with E-state index in [9.17, 15) is 0 Å². The summed E-state index contributed by atoms with van der Waals surface area (Å²) >= 11 is 2.13. The molecule has 1 rings (SSSR count). The molecule has 1 aliphatic heterocycles. The molecule has 2 nitrogen and oxygen atoms in total. The maximum absolute atomic E-state index is 3.71. The van der Waals surface area contributed by atoms with Crippen LogP contribution in [0, 0.1) is 0 Å². The molecule has 1 heterocycles. The van der Waals surface area contributed by atoms with Crippen molar-refractivity contribution in [3.8, 4) is 0 Å². The lowest BCUT2D eigenvalue weighted by Gasteiger charge is -2.29. The van der Waals surface area contributed by atoms with E-state index in [-0.39, 0.29) is 0 Å². The van der Waals surface area contributed by atoms with Crippen LogP contribution in [0.15, 0.2) is 0 Å². The SMILES string of the molecule is CCC(CC)NCC(C)N1CCSC(C)(C)CC1. The highest BCUT2D eigenvalue weighted by Gasteiger charge is 2.25. The van der Waals surface area contributed by atoms with E-state index in [4.69, 9.17) is 0 Å². The van der Waals surface area contributed by atoms with Crippen LogP contribution in [-0.2, 0) is 0 Å². The summed E-state index contributed by atoms with van der Waals surface area (Å²) in [7, 11) is 0. The maximum Gasteiger partial charge on any atom is 0.0192 e. The van der Waals surface area contributed by atoms with Gasteiger partial charge in [0, 0.05) is 35.7 Å². The minimum absolute atomic E-state index is 0.470. The Balaban J connectivity index is 2.35. The quantitative estimate of drug-likeness (QED) is 0.798. The van der Waals surface area contributed by atoms with Crippen LogP contribution in [-0.4, -0.2) is 47.1 Å². The first kappa shape index (κ1) is 16.3. The van der Waals surface area contributed by atoms with Gasteiger partial charge in [0.15, 0.2) is 0 Å². The van der Waals surface area contributed by atoms with Gasteiger partial charge in [-0.3, -0.25) is 4.90 Å². The summed E-state index contributed by atoms with van der Waals surface area (Å²) < 4.78 is 0.470. The van der Waals surface area contributed by atoms with Crippen molar-refractivity contribution in [1.82, 2.24) is 10.2 Å². The van der Waals surface area contributed by atoms with Gasteiger partial charge in [0.25, 0.3) is 0 Å². The molecule has 0 aromatic heterocycles. The normalized spacial score (nSPS) is 23.0. The topological polar surface area (TPSA) is 15.3 Å². The van der Waals surface area contributed by atoms with Gasteiger partial charge in [0.05, 0.1) is 0 Å². The molecule has 1 N–H and O–H groups in total. The van der Waals surface area contributed by atoms with E-state index in [1.54, 1.807) is 0 Å². The summed E-state index contributed by atoms with van der Waals surface area (Å²) in [4.78, 5) is 2.66. The van der Waals surface area contributed by atoms with Crippen LogP contribution >= 0.6 is 11.8 Å². The summed E-state index contributed by atoms with van der Waals surface area (Å²) in [5, 5.41) is 3.71. The van der Waals surface area contributed by atoms with Crippen LogP contribution < -0.4 is 5.32 Å². The van der Waals surface area contributed by atoms with Gasteiger partial charge in [-0.25, -0.2) is 0 Å². The Labute approximate surface area is 118 Å². The zero-order valence-corrected chi connectivity index (χ0v) is 13.8. The molecule has 1 unspecified atom stereocenters. The fourth-order valence-corrected chi connectivity index (χ4v) is 3.63. The maximum atomic E-state index is 3.71. The van der Waals surface area contributed by atoms with Crippen molar-refractivity contribution in [2.24, 2.45) is 0 Å². The second-order valence-electron chi connectivity index (χ2n) is 6.16. The summed E-state index contributed by atoms with van der Waals surface area (Å²) in [6.07, 6.45) is 3.80. The zero-order valence-electron chi connectivity index (χ0n) is 13.0. The van der Waals surface area contributed by atoms with E-state index in [0.29, 0.717) is 16.8 Å². The standard InChI is InChI=1S/C15H32N2S/c1-6-14(7-2)16-12-13(3)17-9-8-15(4,5)18-11-10-17/h13-14,16H,6-12H2,1-5H3. The van der Waals surface area contributed by atoms with Gasteiger partial charge < -0.3 is 5.32 Å². The molecule has 1 atom stereocenters. The lowest BCUT2D eigenvalue weighted by molar-refractivity contribution is 0.208. The van der Waals surface area contributed by atoms with Gasteiger partial charge in [0.2, 0.25) is 0 Å². The van der Waals surface area contributed by atoms with Gasteiger partial charge in [-0.1, -0.05) is 27.7 Å². The van der Waals surface area contributed by atoms with Crippen molar-refractivity contribution in [3.63, 3.8) is 0 Å². The van der Waals surface area contributed by atoms with Crippen molar-refractivity contribution in [1.29, 1.82) is 0 Å². The Kier molecular flexibility index (Phi) is 7.04. The summed E-state index contributed by atoms with van der Waals surface area (Å²) in [5.41, 5.74) is 0. The molecular formula is C15H32N2S. The minimum Gasteiger partial charge on any atom is -0.312 e. The molecular weight excluding hydrogens is 240 g/mol. The first-order chi connectivity index (χ1) is 8.48. The van der Waals surface area contributed by atoms with E-state index < -0.39 is 0 Å². The van der Waals surface area contributed by atoms with Crippen molar-refractivity contribution < 1.29 is 0 Å². The third-order valence-electron chi connectivity index (χ3n) is 4.18. The van der Waals surface area contributed by atoms with E-state index >= 15 is 0 Å². The fraction of sp³-hybridized carbons (Fsp3) is 1.00. The molecule has 1 aliphatic rings. The summed E-state index contributed by atoms with van der Waals surface area (Å²) in [6.45, 7) is 15.3. The molecule has 0 aliphatic carbocycles. The zero-order chi connectivity index (χ0) is 13.6. The Hall–Kier alpha value is 0.270. The Morgan fingerprint density at radius 3 is 2.50 bits per heavy atom. The lowest BCUT2D eigenvalue weighted by Crippen LogP contribution is -2.44. The van der Waals surface area contributed by atoms with Crippen LogP contribution in [0.5, 0.6) is 0 Å². The molecule has 0 saturated carbocycles. The molecule has 1 saturated heterocycles. The number of nitrogens with zero attached hydrogens (tertiary/aromatic N) is 1. The molecule has 0 aromatic carbocycles.